The van der Waals surface area contributed by atoms with Gasteiger partial charge in [0.2, 0.25) is 5.78 Å². The predicted octanol–water partition coefficient (Wildman–Crippen LogP) is 2.28. The summed E-state index contributed by atoms with van der Waals surface area (Å²) in [6.07, 6.45) is 2.02. The molecule has 2 nitrogen and oxygen atoms in total. The molecule has 1 aromatic rings. The van der Waals surface area contributed by atoms with Gasteiger partial charge in [-0.25, -0.2) is 0 Å². The van der Waals surface area contributed by atoms with E-state index in [4.69, 9.17) is 11.6 Å². The van der Waals surface area contributed by atoms with E-state index in [-0.39, 0.29) is 5.78 Å². The number of hydrogen-bond acceptors (Lipinski definition) is 1. The molecule has 1 aromatic carbocycles. The van der Waals surface area contributed by atoms with Crippen LogP contribution in [-0.4, -0.2) is 5.78 Å². The normalized spacial score (nSPS) is 15.3. The topological polar surface area (TPSA) is 33.7 Å². The van der Waals surface area contributed by atoms with Gasteiger partial charge in [-0.2, -0.15) is 0 Å². The number of ketones is 1. The van der Waals surface area contributed by atoms with Crippen LogP contribution in [0.25, 0.3) is 0 Å². The first-order valence-corrected chi connectivity index (χ1v) is 5.50. The first kappa shape index (κ1) is 11.1. The molecule has 0 aromatic heterocycles. The fourth-order valence-corrected chi connectivity index (χ4v) is 1.93. The Kier molecular flexibility index (Phi) is 2.95. The average molecular weight is 235 g/mol. The summed E-state index contributed by atoms with van der Waals surface area (Å²) in [6, 6.07) is 6.98. The monoisotopic (exact) mass is 234 g/mol. The molecular formula is C13H13ClNO+. The molecule has 3 heteroatoms. The highest BCUT2D eigenvalue weighted by Gasteiger charge is 2.23. The van der Waals surface area contributed by atoms with Crippen LogP contribution >= 0.6 is 11.6 Å². The zero-order valence-electron chi connectivity index (χ0n) is 9.25. The Morgan fingerprint density at radius 3 is 2.31 bits per heavy atom. The molecule has 16 heavy (non-hydrogen) atoms. The van der Waals surface area contributed by atoms with Crippen LogP contribution in [0, 0.1) is 0 Å². The molecule has 2 N–H and O–H groups in total. The summed E-state index contributed by atoms with van der Waals surface area (Å²) < 4.78 is 0. The predicted molar refractivity (Wildman–Crippen MR) is 64.2 cm³/mol. The zero-order chi connectivity index (χ0) is 11.7. The summed E-state index contributed by atoms with van der Waals surface area (Å²) >= 11 is 5.79. The van der Waals surface area contributed by atoms with Crippen LogP contribution in [0.15, 0.2) is 47.3 Å². The molecule has 0 amide bonds. The molecular weight excluding hydrogens is 222 g/mol. The molecule has 1 aliphatic rings. The number of carbonyl (C=O) groups is 1. The lowest BCUT2D eigenvalue weighted by atomic mass is 10.1. The zero-order valence-corrected chi connectivity index (χ0v) is 10.0. The maximum Gasteiger partial charge on any atom is 0.246 e. The number of nitrogens with two attached hydrogens (primary N) is 1. The van der Waals surface area contributed by atoms with Crippen LogP contribution in [0.4, 0.5) is 0 Å². The maximum atomic E-state index is 12.1. The third-order valence-electron chi connectivity index (χ3n) is 2.59. The molecule has 0 radical (unpaired) electrons. The average Bonchev–Trinajstić information content (AvgIpc) is 2.58. The van der Waals surface area contributed by atoms with Crippen molar-refractivity contribution < 1.29 is 10.1 Å². The van der Waals surface area contributed by atoms with Gasteiger partial charge in [0, 0.05) is 29.2 Å². The molecule has 0 spiro atoms. The Bertz CT molecular complexity index is 497. The highest BCUT2D eigenvalue weighted by Crippen LogP contribution is 2.15. The van der Waals surface area contributed by atoms with Gasteiger partial charge in [-0.3, -0.25) is 10.1 Å². The second kappa shape index (κ2) is 4.24. The summed E-state index contributed by atoms with van der Waals surface area (Å²) in [5.41, 5.74) is 3.60. The molecule has 0 bridgehead atoms. The molecule has 1 heterocycles. The lowest BCUT2D eigenvalue weighted by Crippen LogP contribution is -2.79. The Balaban J connectivity index is 2.28. The Morgan fingerprint density at radius 1 is 1.19 bits per heavy atom. The van der Waals surface area contributed by atoms with E-state index in [0.717, 1.165) is 17.0 Å². The number of hydrogen-bond donors (Lipinski definition) is 1. The number of quaternary nitrogens is 1. The van der Waals surface area contributed by atoms with Crippen LogP contribution in [0.1, 0.15) is 24.2 Å². The fourth-order valence-electron chi connectivity index (χ4n) is 1.80. The molecule has 0 saturated heterocycles. The van der Waals surface area contributed by atoms with E-state index >= 15 is 0 Å². The van der Waals surface area contributed by atoms with E-state index in [1.807, 2.05) is 25.2 Å². The van der Waals surface area contributed by atoms with Gasteiger partial charge in [0.05, 0.1) is 0 Å². The number of halogens is 1. The SMILES string of the molecule is CC1=CC(C)=C(C(=O)c2ccc(Cl)cc2)[NH2+]1. The molecule has 0 fully saturated rings. The van der Waals surface area contributed by atoms with Crippen molar-refractivity contribution in [3.8, 4) is 0 Å². The minimum absolute atomic E-state index is 0.0577. The Labute approximate surface area is 99.6 Å². The van der Waals surface area contributed by atoms with Crippen molar-refractivity contribution in [3.05, 3.63) is 57.9 Å². The molecule has 0 saturated carbocycles. The van der Waals surface area contributed by atoms with Gasteiger partial charge in [0.25, 0.3) is 0 Å². The molecule has 0 unspecified atom stereocenters. The second-order valence-electron chi connectivity index (χ2n) is 3.97. The van der Waals surface area contributed by atoms with E-state index < -0.39 is 0 Å². The van der Waals surface area contributed by atoms with Gasteiger partial charge < -0.3 is 0 Å². The van der Waals surface area contributed by atoms with Crippen LogP contribution in [0.5, 0.6) is 0 Å². The van der Waals surface area contributed by atoms with Gasteiger partial charge in [-0.15, -0.1) is 0 Å². The highest BCUT2D eigenvalue weighted by molar-refractivity contribution is 6.30. The first-order chi connectivity index (χ1) is 7.58. The standard InChI is InChI=1S/C13H12ClNO/c1-8-7-9(2)15-12(8)13(16)10-3-5-11(14)6-4-10/h3-7,15H,1-2H3/p+1. The summed E-state index contributed by atoms with van der Waals surface area (Å²) in [7, 11) is 0. The lowest BCUT2D eigenvalue weighted by Gasteiger charge is -2.01. The molecule has 2 rings (SSSR count). The molecule has 1 aliphatic heterocycles. The fraction of sp³-hybridized carbons (Fsp3) is 0.154. The third kappa shape index (κ3) is 2.08. The third-order valence-corrected chi connectivity index (χ3v) is 2.84. The van der Waals surface area contributed by atoms with Gasteiger partial charge in [0.15, 0.2) is 5.70 Å². The minimum atomic E-state index is 0.0577. The quantitative estimate of drug-likeness (QED) is 0.783. The summed E-state index contributed by atoms with van der Waals surface area (Å²) in [6.45, 7) is 3.95. The van der Waals surface area contributed by atoms with Gasteiger partial charge in [-0.05, 0) is 31.2 Å². The number of Topliss-reactive ketones (excluding diaryl/α,β-unsaturated/α-hetero) is 1. The highest BCUT2D eigenvalue weighted by atomic mass is 35.5. The largest absolute Gasteiger partial charge is 0.283 e. The number of carbonyl (C=O) groups excluding carboxylic acids is 1. The van der Waals surface area contributed by atoms with Gasteiger partial charge in [-0.1, -0.05) is 11.6 Å². The van der Waals surface area contributed by atoms with Crippen molar-refractivity contribution in [3.63, 3.8) is 0 Å². The Morgan fingerprint density at radius 2 is 1.81 bits per heavy atom. The minimum Gasteiger partial charge on any atom is -0.283 e. The van der Waals surface area contributed by atoms with Crippen molar-refractivity contribution in [2.24, 2.45) is 0 Å². The van der Waals surface area contributed by atoms with Crippen LogP contribution in [0.2, 0.25) is 5.02 Å². The summed E-state index contributed by atoms with van der Waals surface area (Å²) in [5.74, 6) is 0.0577. The van der Waals surface area contributed by atoms with Crippen LogP contribution in [0.3, 0.4) is 0 Å². The number of rotatable bonds is 2. The number of benzene rings is 1. The van der Waals surface area contributed by atoms with Crippen molar-refractivity contribution >= 4 is 17.4 Å². The van der Waals surface area contributed by atoms with E-state index in [1.54, 1.807) is 24.3 Å². The first-order valence-electron chi connectivity index (χ1n) is 5.12. The van der Waals surface area contributed by atoms with Crippen molar-refractivity contribution in [2.45, 2.75) is 13.8 Å². The molecule has 0 aliphatic carbocycles. The lowest BCUT2D eigenvalue weighted by molar-refractivity contribution is -0.543. The van der Waals surface area contributed by atoms with Crippen molar-refractivity contribution in [2.75, 3.05) is 0 Å². The summed E-state index contributed by atoms with van der Waals surface area (Å²) in [5, 5.41) is 2.57. The summed E-state index contributed by atoms with van der Waals surface area (Å²) in [4.78, 5) is 12.1. The molecule has 82 valence electrons. The second-order valence-corrected chi connectivity index (χ2v) is 4.40. The smallest absolute Gasteiger partial charge is 0.246 e. The van der Waals surface area contributed by atoms with E-state index in [9.17, 15) is 4.79 Å². The van der Waals surface area contributed by atoms with Crippen molar-refractivity contribution in [1.82, 2.24) is 0 Å². The van der Waals surface area contributed by atoms with Crippen molar-refractivity contribution in [1.29, 1.82) is 0 Å². The van der Waals surface area contributed by atoms with Crippen LogP contribution in [-0.2, 0) is 0 Å². The van der Waals surface area contributed by atoms with E-state index in [1.165, 1.54) is 0 Å². The van der Waals surface area contributed by atoms with Gasteiger partial charge in [0.1, 0.15) is 5.70 Å². The molecule has 0 atom stereocenters. The van der Waals surface area contributed by atoms with E-state index in [2.05, 4.69) is 0 Å². The maximum absolute atomic E-state index is 12.1. The van der Waals surface area contributed by atoms with Crippen LogP contribution < -0.4 is 5.32 Å². The van der Waals surface area contributed by atoms with Gasteiger partial charge >= 0.3 is 0 Å². The number of allylic oxidation sites excluding steroid dienone is 4. The van der Waals surface area contributed by atoms with E-state index in [0.29, 0.717) is 10.6 Å². The Hall–Kier alpha value is -1.38.